The number of ether oxygens (including phenoxy) is 1. The van der Waals surface area contributed by atoms with Gasteiger partial charge in [-0.25, -0.2) is 4.79 Å². The Hall–Kier alpha value is -1.27. The van der Waals surface area contributed by atoms with E-state index in [1.165, 1.54) is 6.07 Å². The number of halogens is 2. The molecule has 0 aliphatic heterocycles. The van der Waals surface area contributed by atoms with E-state index in [4.69, 9.17) is 17.3 Å². The summed E-state index contributed by atoms with van der Waals surface area (Å²) in [6.45, 7) is 0.208. The van der Waals surface area contributed by atoms with Gasteiger partial charge in [-0.1, -0.05) is 11.6 Å². The lowest BCUT2D eigenvalue weighted by Gasteiger charge is -2.07. The average molecular weight is 322 g/mol. The van der Waals surface area contributed by atoms with E-state index in [1.807, 2.05) is 0 Å². The first-order chi connectivity index (χ1) is 8.00. The minimum atomic E-state index is -0.872. The van der Waals surface area contributed by atoms with Gasteiger partial charge in [-0.15, -0.1) is 0 Å². The van der Waals surface area contributed by atoms with Gasteiger partial charge in [0.05, 0.1) is 12.1 Å². The van der Waals surface area contributed by atoms with Crippen molar-refractivity contribution >= 4 is 39.5 Å². The summed E-state index contributed by atoms with van der Waals surface area (Å²) >= 11 is 9.02. The minimum absolute atomic E-state index is 0.0270. The van der Waals surface area contributed by atoms with Gasteiger partial charge in [0.2, 0.25) is 0 Å². The summed E-state index contributed by atoms with van der Waals surface area (Å²) < 4.78 is 5.10. The molecule has 0 aliphatic carbocycles. The van der Waals surface area contributed by atoms with Crippen LogP contribution in [0.5, 0.6) is 0 Å². The number of amides is 2. The van der Waals surface area contributed by atoms with Gasteiger partial charge < -0.3 is 15.8 Å². The first-order valence-corrected chi connectivity index (χ1v) is 5.83. The number of rotatable bonds is 4. The highest BCUT2D eigenvalue weighted by Crippen LogP contribution is 2.20. The number of nitrogens with two attached hydrogens (primary N) is 1. The van der Waals surface area contributed by atoms with Crippen LogP contribution in [0, 0.1) is 0 Å². The molecule has 3 N–H and O–H groups in total. The van der Waals surface area contributed by atoms with Gasteiger partial charge in [-0.05, 0) is 34.1 Å². The van der Waals surface area contributed by atoms with Crippen molar-refractivity contribution in [3.63, 3.8) is 0 Å². The summed E-state index contributed by atoms with van der Waals surface area (Å²) in [6.07, 6.45) is -0.872. The average Bonchev–Trinajstić information content (AvgIpc) is 2.27. The van der Waals surface area contributed by atoms with Crippen LogP contribution in [-0.4, -0.2) is 25.2 Å². The van der Waals surface area contributed by atoms with E-state index in [0.717, 1.165) is 0 Å². The minimum Gasteiger partial charge on any atom is -0.448 e. The maximum Gasteiger partial charge on any atom is 0.404 e. The summed E-state index contributed by atoms with van der Waals surface area (Å²) in [5.41, 5.74) is 5.18. The van der Waals surface area contributed by atoms with Crippen LogP contribution in [0.4, 0.5) is 4.79 Å². The molecule has 2 amide bonds. The van der Waals surface area contributed by atoms with Crippen LogP contribution in [-0.2, 0) is 4.74 Å². The molecular formula is C10H10BrClN2O3. The SMILES string of the molecule is NC(=O)OCCNC(=O)c1cc(Cl)ccc1Br. The molecule has 7 heteroatoms. The molecule has 0 saturated heterocycles. The van der Waals surface area contributed by atoms with E-state index in [-0.39, 0.29) is 19.1 Å². The molecule has 0 aromatic heterocycles. The second-order valence-electron chi connectivity index (χ2n) is 3.05. The van der Waals surface area contributed by atoms with Gasteiger partial charge in [0, 0.05) is 9.50 Å². The molecule has 0 radical (unpaired) electrons. The number of nitrogens with one attached hydrogen (secondary N) is 1. The van der Waals surface area contributed by atoms with Gasteiger partial charge in [0.1, 0.15) is 6.61 Å². The number of primary amides is 1. The zero-order chi connectivity index (χ0) is 12.8. The Morgan fingerprint density at radius 3 is 2.82 bits per heavy atom. The number of benzene rings is 1. The van der Waals surface area contributed by atoms with Gasteiger partial charge in [0.15, 0.2) is 0 Å². The Morgan fingerprint density at radius 2 is 2.18 bits per heavy atom. The lowest BCUT2D eigenvalue weighted by atomic mass is 10.2. The second kappa shape index (κ2) is 6.46. The summed E-state index contributed by atoms with van der Waals surface area (Å²) in [5.74, 6) is -0.313. The number of hydrogen-bond donors (Lipinski definition) is 2. The predicted molar refractivity (Wildman–Crippen MR) is 67.0 cm³/mol. The summed E-state index contributed by atoms with van der Waals surface area (Å²) in [5, 5.41) is 3.03. The van der Waals surface area contributed by atoms with E-state index in [9.17, 15) is 9.59 Å². The molecule has 0 fully saturated rings. The van der Waals surface area contributed by atoms with Gasteiger partial charge in [0.25, 0.3) is 5.91 Å². The largest absolute Gasteiger partial charge is 0.448 e. The highest BCUT2D eigenvalue weighted by molar-refractivity contribution is 9.10. The molecule has 92 valence electrons. The normalized spacial score (nSPS) is 9.76. The van der Waals surface area contributed by atoms with Crippen molar-refractivity contribution < 1.29 is 14.3 Å². The highest BCUT2D eigenvalue weighted by Gasteiger charge is 2.10. The third-order valence-electron chi connectivity index (χ3n) is 1.80. The molecule has 1 rings (SSSR count). The number of hydrogen-bond acceptors (Lipinski definition) is 3. The quantitative estimate of drug-likeness (QED) is 0.831. The first kappa shape index (κ1) is 13.8. The van der Waals surface area contributed by atoms with E-state index in [1.54, 1.807) is 12.1 Å². The van der Waals surface area contributed by atoms with Crippen LogP contribution < -0.4 is 11.1 Å². The maximum absolute atomic E-state index is 11.7. The number of carbonyl (C=O) groups is 2. The fraction of sp³-hybridized carbons (Fsp3) is 0.200. The Kier molecular flexibility index (Phi) is 5.24. The summed E-state index contributed by atoms with van der Waals surface area (Å²) in [7, 11) is 0. The molecule has 0 bridgehead atoms. The number of carbonyl (C=O) groups excluding carboxylic acids is 2. The van der Waals surface area contributed by atoms with Gasteiger partial charge >= 0.3 is 6.09 Å². The van der Waals surface area contributed by atoms with E-state index >= 15 is 0 Å². The summed E-state index contributed by atoms with van der Waals surface area (Å²) in [4.78, 5) is 22.0. The molecule has 0 saturated carbocycles. The predicted octanol–water partition coefficient (Wildman–Crippen LogP) is 1.93. The maximum atomic E-state index is 11.7. The van der Waals surface area contributed by atoms with Crippen LogP contribution in [0.25, 0.3) is 0 Å². The molecule has 1 aromatic rings. The monoisotopic (exact) mass is 320 g/mol. The van der Waals surface area contributed by atoms with Crippen LogP contribution in [0.2, 0.25) is 5.02 Å². The lowest BCUT2D eigenvalue weighted by molar-refractivity contribution is 0.0936. The van der Waals surface area contributed by atoms with Crippen molar-refractivity contribution in [1.29, 1.82) is 0 Å². The van der Waals surface area contributed by atoms with Crippen molar-refractivity contribution in [3.05, 3.63) is 33.3 Å². The fourth-order valence-electron chi connectivity index (χ4n) is 1.08. The molecule has 0 aliphatic rings. The molecule has 0 unspecified atom stereocenters. The van der Waals surface area contributed by atoms with Crippen molar-refractivity contribution in [3.8, 4) is 0 Å². The third kappa shape index (κ3) is 4.62. The van der Waals surface area contributed by atoms with E-state index in [0.29, 0.717) is 15.1 Å². The smallest absolute Gasteiger partial charge is 0.404 e. The third-order valence-corrected chi connectivity index (χ3v) is 2.73. The van der Waals surface area contributed by atoms with E-state index < -0.39 is 6.09 Å². The van der Waals surface area contributed by atoms with Crippen molar-refractivity contribution in [1.82, 2.24) is 5.32 Å². The molecule has 5 nitrogen and oxygen atoms in total. The molecule has 1 aromatic carbocycles. The standard InChI is InChI=1S/C10H10BrClN2O3/c11-8-2-1-6(12)5-7(8)9(15)14-3-4-17-10(13)16/h1-2,5H,3-4H2,(H2,13,16)(H,14,15). The Bertz CT molecular complexity index is 440. The molecule has 0 heterocycles. The van der Waals surface area contributed by atoms with E-state index in [2.05, 4.69) is 26.0 Å². The van der Waals surface area contributed by atoms with Gasteiger partial charge in [-0.2, -0.15) is 0 Å². The van der Waals surface area contributed by atoms with Crippen LogP contribution in [0.3, 0.4) is 0 Å². The topological polar surface area (TPSA) is 81.4 Å². The van der Waals surface area contributed by atoms with Crippen LogP contribution >= 0.6 is 27.5 Å². The Balaban J connectivity index is 2.52. The van der Waals surface area contributed by atoms with Crippen molar-refractivity contribution in [2.24, 2.45) is 5.73 Å². The summed E-state index contributed by atoms with van der Waals surface area (Å²) in [6, 6.07) is 4.88. The molecule has 17 heavy (non-hydrogen) atoms. The highest BCUT2D eigenvalue weighted by atomic mass is 79.9. The molecular weight excluding hydrogens is 311 g/mol. The second-order valence-corrected chi connectivity index (χ2v) is 4.34. The Morgan fingerprint density at radius 1 is 1.47 bits per heavy atom. The fourth-order valence-corrected chi connectivity index (χ4v) is 1.68. The zero-order valence-corrected chi connectivity index (χ0v) is 11.0. The van der Waals surface area contributed by atoms with Crippen molar-refractivity contribution in [2.45, 2.75) is 0 Å². The zero-order valence-electron chi connectivity index (χ0n) is 8.70. The van der Waals surface area contributed by atoms with Crippen molar-refractivity contribution in [2.75, 3.05) is 13.2 Å². The molecule has 0 spiro atoms. The Labute approximate surface area is 111 Å². The molecule has 0 atom stereocenters. The first-order valence-electron chi connectivity index (χ1n) is 4.66. The lowest BCUT2D eigenvalue weighted by Crippen LogP contribution is -2.29. The van der Waals surface area contributed by atoms with Crippen LogP contribution in [0.15, 0.2) is 22.7 Å². The van der Waals surface area contributed by atoms with Crippen LogP contribution in [0.1, 0.15) is 10.4 Å². The van der Waals surface area contributed by atoms with Gasteiger partial charge in [-0.3, -0.25) is 4.79 Å².